The summed E-state index contributed by atoms with van der Waals surface area (Å²) in [6.07, 6.45) is 4.06. The van der Waals surface area contributed by atoms with Gasteiger partial charge in [0.1, 0.15) is 0 Å². The van der Waals surface area contributed by atoms with E-state index in [1.165, 1.54) is 0 Å². The van der Waals surface area contributed by atoms with Crippen LogP contribution in [0.3, 0.4) is 0 Å². The Morgan fingerprint density at radius 2 is 2.10 bits per heavy atom. The molecule has 108 valence electrons. The molecular formula is C15H20BrN3O. The van der Waals surface area contributed by atoms with Crippen LogP contribution in [0.2, 0.25) is 0 Å². The number of hydrogen-bond donors (Lipinski definition) is 1. The van der Waals surface area contributed by atoms with Gasteiger partial charge in [0.05, 0.1) is 0 Å². The SMILES string of the molecule is CCC(CCN)CCc1nc(-c2ccccc2Br)no1. The Bertz CT molecular complexity index is 541. The molecule has 2 N–H and O–H groups in total. The second-order valence-corrected chi connectivity index (χ2v) is 5.74. The average Bonchev–Trinajstić information content (AvgIpc) is 2.92. The fraction of sp³-hybridized carbons (Fsp3) is 0.467. The molecule has 0 aliphatic heterocycles. The molecule has 4 nitrogen and oxygen atoms in total. The molecule has 20 heavy (non-hydrogen) atoms. The highest BCUT2D eigenvalue weighted by Gasteiger charge is 2.13. The van der Waals surface area contributed by atoms with Crippen LogP contribution in [0.4, 0.5) is 0 Å². The third-order valence-corrected chi connectivity index (χ3v) is 4.19. The van der Waals surface area contributed by atoms with Crippen molar-refractivity contribution in [3.63, 3.8) is 0 Å². The van der Waals surface area contributed by atoms with E-state index >= 15 is 0 Å². The van der Waals surface area contributed by atoms with Crippen molar-refractivity contribution >= 4 is 15.9 Å². The van der Waals surface area contributed by atoms with E-state index in [9.17, 15) is 0 Å². The molecule has 1 aromatic carbocycles. The molecule has 2 rings (SSSR count). The standard InChI is InChI=1S/C15H20BrN3O/c1-2-11(9-10-17)7-8-14-18-15(19-20-14)12-5-3-4-6-13(12)16/h3-6,11H,2,7-10,17H2,1H3. The van der Waals surface area contributed by atoms with Gasteiger partial charge in [-0.2, -0.15) is 4.98 Å². The third-order valence-electron chi connectivity index (χ3n) is 3.50. The molecule has 0 bridgehead atoms. The van der Waals surface area contributed by atoms with Crippen LogP contribution in [0, 0.1) is 5.92 Å². The largest absolute Gasteiger partial charge is 0.339 e. The van der Waals surface area contributed by atoms with E-state index in [0.29, 0.717) is 17.6 Å². The van der Waals surface area contributed by atoms with Gasteiger partial charge in [-0.3, -0.25) is 0 Å². The second kappa shape index (κ2) is 7.55. The van der Waals surface area contributed by atoms with Gasteiger partial charge in [0.15, 0.2) is 0 Å². The van der Waals surface area contributed by atoms with Crippen molar-refractivity contribution in [2.45, 2.75) is 32.6 Å². The van der Waals surface area contributed by atoms with Gasteiger partial charge in [0, 0.05) is 16.5 Å². The lowest BCUT2D eigenvalue weighted by molar-refractivity contribution is 0.354. The quantitative estimate of drug-likeness (QED) is 0.834. The summed E-state index contributed by atoms with van der Waals surface area (Å²) in [5.74, 6) is 1.98. The molecule has 1 atom stereocenters. The van der Waals surface area contributed by atoms with Gasteiger partial charge in [0.2, 0.25) is 11.7 Å². The summed E-state index contributed by atoms with van der Waals surface area (Å²) in [7, 11) is 0. The van der Waals surface area contributed by atoms with Crippen LogP contribution in [0.1, 0.15) is 32.1 Å². The number of aromatic nitrogens is 2. The van der Waals surface area contributed by atoms with E-state index in [2.05, 4.69) is 33.0 Å². The van der Waals surface area contributed by atoms with Gasteiger partial charge in [-0.25, -0.2) is 0 Å². The Kier molecular flexibility index (Phi) is 5.73. The van der Waals surface area contributed by atoms with Crippen LogP contribution < -0.4 is 5.73 Å². The van der Waals surface area contributed by atoms with Crippen LogP contribution in [0.25, 0.3) is 11.4 Å². The van der Waals surface area contributed by atoms with E-state index in [4.69, 9.17) is 10.3 Å². The molecule has 2 aromatic rings. The third kappa shape index (κ3) is 3.90. The summed E-state index contributed by atoms with van der Waals surface area (Å²) >= 11 is 3.50. The molecular weight excluding hydrogens is 318 g/mol. The first-order valence-corrected chi connectivity index (χ1v) is 7.81. The lowest BCUT2D eigenvalue weighted by Gasteiger charge is -2.11. The predicted octanol–water partition coefficient (Wildman–Crippen LogP) is 3.81. The summed E-state index contributed by atoms with van der Waals surface area (Å²) in [5.41, 5.74) is 6.57. The molecule has 0 radical (unpaired) electrons. The fourth-order valence-corrected chi connectivity index (χ4v) is 2.69. The Morgan fingerprint density at radius 1 is 1.30 bits per heavy atom. The van der Waals surface area contributed by atoms with Crippen molar-refractivity contribution in [2.75, 3.05) is 6.54 Å². The van der Waals surface area contributed by atoms with Crippen molar-refractivity contribution in [3.05, 3.63) is 34.6 Å². The normalized spacial score (nSPS) is 12.6. The zero-order valence-corrected chi connectivity index (χ0v) is 13.3. The van der Waals surface area contributed by atoms with Crippen molar-refractivity contribution < 1.29 is 4.52 Å². The van der Waals surface area contributed by atoms with Gasteiger partial charge in [-0.05, 0) is 37.4 Å². The lowest BCUT2D eigenvalue weighted by Crippen LogP contribution is -2.09. The first-order valence-electron chi connectivity index (χ1n) is 7.02. The van der Waals surface area contributed by atoms with E-state index in [1.807, 2.05) is 24.3 Å². The molecule has 5 heteroatoms. The highest BCUT2D eigenvalue weighted by molar-refractivity contribution is 9.10. The van der Waals surface area contributed by atoms with Gasteiger partial charge in [-0.15, -0.1) is 0 Å². The molecule has 1 heterocycles. The maximum Gasteiger partial charge on any atom is 0.226 e. The molecule has 1 unspecified atom stereocenters. The lowest BCUT2D eigenvalue weighted by atomic mass is 9.97. The molecule has 0 amide bonds. The molecule has 0 aliphatic carbocycles. The summed E-state index contributed by atoms with van der Waals surface area (Å²) in [6, 6.07) is 7.87. The minimum absolute atomic E-state index is 0.638. The van der Waals surface area contributed by atoms with E-state index in [1.54, 1.807) is 0 Å². The van der Waals surface area contributed by atoms with Crippen LogP contribution in [-0.4, -0.2) is 16.7 Å². The van der Waals surface area contributed by atoms with Crippen molar-refractivity contribution in [1.29, 1.82) is 0 Å². The average molecular weight is 338 g/mol. The summed E-state index contributed by atoms with van der Waals surface area (Å²) in [4.78, 5) is 4.47. The van der Waals surface area contributed by atoms with Crippen molar-refractivity contribution in [1.82, 2.24) is 10.1 Å². The Hall–Kier alpha value is -1.20. The first kappa shape index (κ1) is 15.2. The summed E-state index contributed by atoms with van der Waals surface area (Å²) < 4.78 is 6.31. The van der Waals surface area contributed by atoms with Crippen LogP contribution in [0.5, 0.6) is 0 Å². The topological polar surface area (TPSA) is 64.9 Å². The second-order valence-electron chi connectivity index (χ2n) is 4.88. The predicted molar refractivity (Wildman–Crippen MR) is 83.2 cm³/mol. The highest BCUT2D eigenvalue weighted by atomic mass is 79.9. The molecule has 0 aliphatic rings. The van der Waals surface area contributed by atoms with Crippen LogP contribution in [0.15, 0.2) is 33.3 Å². The first-order chi connectivity index (χ1) is 9.74. The smallest absolute Gasteiger partial charge is 0.226 e. The number of nitrogens with zero attached hydrogens (tertiary/aromatic N) is 2. The minimum atomic E-state index is 0.638. The number of rotatable bonds is 7. The summed E-state index contributed by atoms with van der Waals surface area (Å²) in [6.45, 7) is 2.94. The Balaban J connectivity index is 2.01. The molecule has 0 saturated carbocycles. The Morgan fingerprint density at radius 3 is 2.80 bits per heavy atom. The molecule has 0 spiro atoms. The van der Waals surface area contributed by atoms with E-state index in [0.717, 1.165) is 42.3 Å². The van der Waals surface area contributed by atoms with E-state index in [-0.39, 0.29) is 0 Å². The zero-order valence-electron chi connectivity index (χ0n) is 11.7. The van der Waals surface area contributed by atoms with Crippen molar-refractivity contribution in [3.8, 4) is 11.4 Å². The van der Waals surface area contributed by atoms with Gasteiger partial charge in [-0.1, -0.05) is 46.6 Å². The number of aryl methyl sites for hydroxylation is 1. The number of hydrogen-bond acceptors (Lipinski definition) is 4. The van der Waals surface area contributed by atoms with Gasteiger partial charge in [0.25, 0.3) is 0 Å². The van der Waals surface area contributed by atoms with Gasteiger partial charge >= 0.3 is 0 Å². The zero-order chi connectivity index (χ0) is 14.4. The minimum Gasteiger partial charge on any atom is -0.339 e. The van der Waals surface area contributed by atoms with E-state index < -0.39 is 0 Å². The molecule has 0 saturated heterocycles. The number of benzene rings is 1. The summed E-state index contributed by atoms with van der Waals surface area (Å²) in [5, 5.41) is 4.06. The fourth-order valence-electron chi connectivity index (χ4n) is 2.22. The maximum atomic E-state index is 5.61. The number of nitrogens with two attached hydrogens (primary N) is 1. The monoisotopic (exact) mass is 337 g/mol. The van der Waals surface area contributed by atoms with Crippen LogP contribution in [-0.2, 0) is 6.42 Å². The van der Waals surface area contributed by atoms with Gasteiger partial charge < -0.3 is 10.3 Å². The molecule has 0 fully saturated rings. The Labute approximate surface area is 127 Å². The molecule has 1 aromatic heterocycles. The maximum absolute atomic E-state index is 5.61. The highest BCUT2D eigenvalue weighted by Crippen LogP contribution is 2.26. The van der Waals surface area contributed by atoms with Crippen molar-refractivity contribution in [2.24, 2.45) is 11.7 Å². The van der Waals surface area contributed by atoms with Crippen LogP contribution >= 0.6 is 15.9 Å². The number of halogens is 1.